The van der Waals surface area contributed by atoms with Gasteiger partial charge in [0.15, 0.2) is 0 Å². The van der Waals surface area contributed by atoms with Gasteiger partial charge in [0.2, 0.25) is 5.82 Å². The number of aromatic carboxylic acids is 1. The third-order valence-corrected chi connectivity index (χ3v) is 3.26. The van der Waals surface area contributed by atoms with E-state index in [1.165, 1.54) is 0 Å². The lowest BCUT2D eigenvalue weighted by atomic mass is 10.2. The maximum absolute atomic E-state index is 11.2. The van der Waals surface area contributed by atoms with Crippen molar-refractivity contribution in [3.05, 3.63) is 53.6 Å². The van der Waals surface area contributed by atoms with Gasteiger partial charge in [-0.25, -0.2) is 9.78 Å². The standard InChI is InChI=1S/C14H14N2O2/c17-14(18)13-15-8-12(11-6-7-11)16(13)9-10-4-2-1-3-5-10/h1-5,8,11H,6-7,9H2,(H,17,18). The molecule has 4 nitrogen and oxygen atoms in total. The summed E-state index contributed by atoms with van der Waals surface area (Å²) in [6.45, 7) is 0.578. The van der Waals surface area contributed by atoms with Gasteiger partial charge < -0.3 is 9.67 Å². The van der Waals surface area contributed by atoms with Crippen LogP contribution in [0.5, 0.6) is 0 Å². The lowest BCUT2D eigenvalue weighted by Gasteiger charge is -2.09. The quantitative estimate of drug-likeness (QED) is 0.896. The molecule has 0 unspecified atom stereocenters. The van der Waals surface area contributed by atoms with E-state index in [1.54, 1.807) is 6.20 Å². The Bertz CT molecular complexity index is 571. The Morgan fingerprint density at radius 1 is 1.33 bits per heavy atom. The summed E-state index contributed by atoms with van der Waals surface area (Å²) in [6.07, 6.45) is 3.99. The molecule has 18 heavy (non-hydrogen) atoms. The largest absolute Gasteiger partial charge is 0.475 e. The van der Waals surface area contributed by atoms with E-state index in [-0.39, 0.29) is 5.82 Å². The second-order valence-electron chi connectivity index (χ2n) is 4.66. The number of hydrogen-bond acceptors (Lipinski definition) is 2. The molecule has 1 aliphatic carbocycles. The second kappa shape index (κ2) is 4.29. The van der Waals surface area contributed by atoms with Crippen molar-refractivity contribution in [1.82, 2.24) is 9.55 Å². The number of carbonyl (C=O) groups is 1. The highest BCUT2D eigenvalue weighted by molar-refractivity contribution is 5.83. The molecule has 3 rings (SSSR count). The SMILES string of the molecule is O=C(O)c1ncc(C2CC2)n1Cc1ccccc1. The number of rotatable bonds is 4. The Morgan fingerprint density at radius 3 is 2.67 bits per heavy atom. The smallest absolute Gasteiger partial charge is 0.372 e. The van der Waals surface area contributed by atoms with E-state index in [0.29, 0.717) is 12.5 Å². The van der Waals surface area contributed by atoms with Crippen LogP contribution >= 0.6 is 0 Å². The van der Waals surface area contributed by atoms with Crippen LogP contribution in [0.3, 0.4) is 0 Å². The lowest BCUT2D eigenvalue weighted by Crippen LogP contribution is -2.12. The zero-order valence-electron chi connectivity index (χ0n) is 9.91. The third-order valence-electron chi connectivity index (χ3n) is 3.26. The molecule has 0 saturated heterocycles. The average Bonchev–Trinajstić information content (AvgIpc) is 3.12. The summed E-state index contributed by atoms with van der Waals surface area (Å²) in [6, 6.07) is 9.88. The minimum atomic E-state index is -0.960. The molecule has 1 fully saturated rings. The number of aromatic nitrogens is 2. The van der Waals surface area contributed by atoms with E-state index in [2.05, 4.69) is 4.98 Å². The number of hydrogen-bond donors (Lipinski definition) is 1. The summed E-state index contributed by atoms with van der Waals surface area (Å²) < 4.78 is 1.83. The Hall–Kier alpha value is -2.10. The predicted octanol–water partition coefficient (Wildman–Crippen LogP) is 2.51. The first-order valence-corrected chi connectivity index (χ1v) is 6.08. The van der Waals surface area contributed by atoms with Gasteiger partial charge in [-0.15, -0.1) is 0 Å². The van der Waals surface area contributed by atoms with E-state index in [0.717, 1.165) is 24.1 Å². The van der Waals surface area contributed by atoms with Crippen LogP contribution in [0.15, 0.2) is 36.5 Å². The van der Waals surface area contributed by atoms with E-state index in [4.69, 9.17) is 0 Å². The zero-order chi connectivity index (χ0) is 12.5. The number of nitrogens with zero attached hydrogens (tertiary/aromatic N) is 2. The van der Waals surface area contributed by atoms with Gasteiger partial charge >= 0.3 is 5.97 Å². The number of imidazole rings is 1. The molecule has 1 N–H and O–H groups in total. The predicted molar refractivity (Wildman–Crippen MR) is 66.7 cm³/mol. The molecule has 0 bridgehead atoms. The zero-order valence-corrected chi connectivity index (χ0v) is 9.91. The fourth-order valence-electron chi connectivity index (χ4n) is 2.20. The molecule has 1 aromatic heterocycles. The van der Waals surface area contributed by atoms with Gasteiger partial charge in [0.25, 0.3) is 0 Å². The van der Waals surface area contributed by atoms with Crippen LogP contribution in [0.2, 0.25) is 0 Å². The average molecular weight is 242 g/mol. The fourth-order valence-corrected chi connectivity index (χ4v) is 2.20. The van der Waals surface area contributed by atoms with Crippen LogP contribution in [0.4, 0.5) is 0 Å². The molecule has 0 radical (unpaired) electrons. The molecule has 4 heteroatoms. The van der Waals surface area contributed by atoms with Crippen LogP contribution in [0.25, 0.3) is 0 Å². The molecular formula is C14H14N2O2. The van der Waals surface area contributed by atoms with Crippen molar-refractivity contribution in [2.45, 2.75) is 25.3 Å². The molecular weight excluding hydrogens is 228 g/mol. The highest BCUT2D eigenvalue weighted by Crippen LogP contribution is 2.40. The summed E-state index contributed by atoms with van der Waals surface area (Å²) >= 11 is 0. The summed E-state index contributed by atoms with van der Waals surface area (Å²) in [5.74, 6) is -0.326. The highest BCUT2D eigenvalue weighted by Gasteiger charge is 2.29. The van der Waals surface area contributed by atoms with Gasteiger partial charge in [0.05, 0.1) is 0 Å². The van der Waals surface area contributed by atoms with E-state index in [9.17, 15) is 9.90 Å². The van der Waals surface area contributed by atoms with Crippen LogP contribution in [0.1, 0.15) is 40.6 Å². The normalized spacial score (nSPS) is 14.7. The molecule has 0 atom stereocenters. The third kappa shape index (κ3) is 2.01. The minimum absolute atomic E-state index is 0.140. The van der Waals surface area contributed by atoms with Crippen molar-refractivity contribution >= 4 is 5.97 Å². The minimum Gasteiger partial charge on any atom is -0.475 e. The van der Waals surface area contributed by atoms with E-state index in [1.807, 2.05) is 34.9 Å². The van der Waals surface area contributed by atoms with Crippen LogP contribution in [-0.4, -0.2) is 20.6 Å². The Balaban J connectivity index is 1.98. The number of carboxylic acid groups (broad SMARTS) is 1. The van der Waals surface area contributed by atoms with Gasteiger partial charge in [0, 0.05) is 24.4 Å². The highest BCUT2D eigenvalue weighted by atomic mass is 16.4. The van der Waals surface area contributed by atoms with Crippen molar-refractivity contribution in [2.75, 3.05) is 0 Å². The Morgan fingerprint density at radius 2 is 2.06 bits per heavy atom. The number of carboxylic acids is 1. The van der Waals surface area contributed by atoms with Crippen molar-refractivity contribution in [1.29, 1.82) is 0 Å². The Labute approximate surface area is 105 Å². The maximum atomic E-state index is 11.2. The summed E-state index contributed by atoms with van der Waals surface area (Å²) in [4.78, 5) is 15.2. The van der Waals surface area contributed by atoms with Crippen LogP contribution in [-0.2, 0) is 6.54 Å². The Kier molecular flexibility index (Phi) is 2.63. The maximum Gasteiger partial charge on any atom is 0.372 e. The molecule has 1 aliphatic rings. The first-order valence-electron chi connectivity index (χ1n) is 6.08. The summed E-state index contributed by atoms with van der Waals surface area (Å²) in [5.41, 5.74) is 2.15. The van der Waals surface area contributed by atoms with Crippen LogP contribution < -0.4 is 0 Å². The van der Waals surface area contributed by atoms with Gasteiger partial charge in [-0.3, -0.25) is 0 Å². The van der Waals surface area contributed by atoms with Gasteiger partial charge in [-0.05, 0) is 18.4 Å². The first kappa shape index (κ1) is 11.0. The first-order chi connectivity index (χ1) is 8.75. The topological polar surface area (TPSA) is 55.1 Å². The van der Waals surface area contributed by atoms with Crippen LogP contribution in [0, 0.1) is 0 Å². The molecule has 1 heterocycles. The molecule has 1 saturated carbocycles. The van der Waals surface area contributed by atoms with Crippen molar-refractivity contribution in [3.8, 4) is 0 Å². The molecule has 0 aliphatic heterocycles. The molecule has 92 valence electrons. The summed E-state index contributed by atoms with van der Waals surface area (Å²) in [7, 11) is 0. The van der Waals surface area contributed by atoms with E-state index >= 15 is 0 Å². The molecule has 0 spiro atoms. The summed E-state index contributed by atoms with van der Waals surface area (Å²) in [5, 5.41) is 9.18. The van der Waals surface area contributed by atoms with E-state index < -0.39 is 5.97 Å². The van der Waals surface area contributed by atoms with Crippen molar-refractivity contribution in [3.63, 3.8) is 0 Å². The van der Waals surface area contributed by atoms with Gasteiger partial charge in [-0.2, -0.15) is 0 Å². The van der Waals surface area contributed by atoms with Crippen molar-refractivity contribution < 1.29 is 9.90 Å². The number of benzene rings is 1. The van der Waals surface area contributed by atoms with Gasteiger partial charge in [0.1, 0.15) is 0 Å². The molecule has 2 aromatic rings. The monoisotopic (exact) mass is 242 g/mol. The lowest BCUT2D eigenvalue weighted by molar-refractivity contribution is 0.0678. The van der Waals surface area contributed by atoms with Gasteiger partial charge in [-0.1, -0.05) is 30.3 Å². The fraction of sp³-hybridized carbons (Fsp3) is 0.286. The van der Waals surface area contributed by atoms with Crippen molar-refractivity contribution in [2.24, 2.45) is 0 Å². The second-order valence-corrected chi connectivity index (χ2v) is 4.66. The molecule has 0 amide bonds. The molecule has 1 aromatic carbocycles.